The van der Waals surface area contributed by atoms with Crippen molar-refractivity contribution in [1.82, 2.24) is 5.43 Å². The molecule has 154 valence electrons. The summed E-state index contributed by atoms with van der Waals surface area (Å²) >= 11 is 0. The third-order valence-corrected chi connectivity index (χ3v) is 3.67. The molecule has 2 aromatic rings. The Morgan fingerprint density at radius 1 is 1.00 bits per heavy atom. The molecule has 0 bridgehead atoms. The number of carbonyl (C=O) groups excluding carboxylic acids is 2. The van der Waals surface area contributed by atoms with Crippen molar-refractivity contribution < 1.29 is 23.8 Å². The van der Waals surface area contributed by atoms with E-state index >= 15 is 0 Å². The molecule has 8 heteroatoms. The van der Waals surface area contributed by atoms with Crippen LogP contribution in [0.1, 0.15) is 25.8 Å². The third kappa shape index (κ3) is 6.53. The van der Waals surface area contributed by atoms with E-state index in [-0.39, 0.29) is 0 Å². The Hall–Kier alpha value is -3.55. The summed E-state index contributed by atoms with van der Waals surface area (Å²) in [5.41, 5.74) is 3.28. The summed E-state index contributed by atoms with van der Waals surface area (Å²) in [6, 6.07) is 12.1. The predicted octanol–water partition coefficient (Wildman–Crippen LogP) is 2.97. The number of nitrogens with zero attached hydrogens (tertiary/aromatic N) is 1. The van der Waals surface area contributed by atoms with Crippen molar-refractivity contribution in [3.8, 4) is 17.2 Å². The van der Waals surface area contributed by atoms with Crippen molar-refractivity contribution in [3.05, 3.63) is 48.0 Å². The molecule has 0 saturated carbocycles. The molecule has 0 saturated heterocycles. The van der Waals surface area contributed by atoms with E-state index in [2.05, 4.69) is 15.8 Å². The van der Waals surface area contributed by atoms with Gasteiger partial charge in [-0.3, -0.25) is 9.59 Å². The average Bonchev–Trinajstić information content (AvgIpc) is 2.74. The minimum absolute atomic E-state index is 0.408. The number of anilines is 1. The largest absolute Gasteiger partial charge is 0.493 e. The third-order valence-electron chi connectivity index (χ3n) is 3.67. The fraction of sp³-hybridized carbons (Fsp3) is 0.286. The van der Waals surface area contributed by atoms with Gasteiger partial charge in [0, 0.05) is 0 Å². The van der Waals surface area contributed by atoms with E-state index < -0.39 is 11.8 Å². The fourth-order valence-corrected chi connectivity index (χ4v) is 2.34. The Morgan fingerprint density at radius 2 is 1.79 bits per heavy atom. The first-order valence-electron chi connectivity index (χ1n) is 9.26. The van der Waals surface area contributed by atoms with Gasteiger partial charge in [-0.1, -0.05) is 19.1 Å². The van der Waals surface area contributed by atoms with Crippen LogP contribution in [0.4, 0.5) is 5.69 Å². The monoisotopic (exact) mass is 399 g/mol. The van der Waals surface area contributed by atoms with Crippen molar-refractivity contribution >= 4 is 23.7 Å². The van der Waals surface area contributed by atoms with Crippen molar-refractivity contribution in [2.24, 2.45) is 5.10 Å². The maximum Gasteiger partial charge on any atom is 0.329 e. The fourth-order valence-electron chi connectivity index (χ4n) is 2.34. The molecule has 2 rings (SSSR count). The number of amides is 2. The number of para-hydroxylation sites is 2. The standard InChI is InChI=1S/C21H25N3O5/c1-4-12-29-18-11-10-15(13-19(18)27-3)14-22-24-21(26)20(25)23-16-8-6-7-9-17(16)28-5-2/h6-11,13-14H,4-5,12H2,1-3H3,(H,23,25)(H,24,26)/b22-14-. The second kappa shape index (κ2) is 11.3. The van der Waals surface area contributed by atoms with Crippen LogP contribution in [-0.4, -0.2) is 38.4 Å². The minimum Gasteiger partial charge on any atom is -0.493 e. The molecule has 0 aliphatic heterocycles. The molecule has 29 heavy (non-hydrogen) atoms. The van der Waals surface area contributed by atoms with Crippen LogP contribution < -0.4 is 25.0 Å². The summed E-state index contributed by atoms with van der Waals surface area (Å²) in [5, 5.41) is 6.32. The Labute approximate surface area is 169 Å². The van der Waals surface area contributed by atoms with Gasteiger partial charge in [0.05, 0.1) is 32.2 Å². The number of ether oxygens (including phenoxy) is 3. The van der Waals surface area contributed by atoms with E-state index in [1.807, 2.05) is 13.8 Å². The predicted molar refractivity (Wildman–Crippen MR) is 111 cm³/mol. The van der Waals surface area contributed by atoms with Crippen LogP contribution in [0, 0.1) is 0 Å². The van der Waals surface area contributed by atoms with Gasteiger partial charge < -0.3 is 19.5 Å². The highest BCUT2D eigenvalue weighted by Gasteiger charge is 2.15. The second-order valence-electron chi connectivity index (χ2n) is 5.84. The SMILES string of the molecule is CCCOc1ccc(/C=N\NC(=O)C(=O)Nc2ccccc2OCC)cc1OC. The van der Waals surface area contributed by atoms with Gasteiger partial charge in [-0.2, -0.15) is 5.10 Å². The van der Waals surface area contributed by atoms with Crippen LogP contribution in [0.5, 0.6) is 17.2 Å². The summed E-state index contributed by atoms with van der Waals surface area (Å²) in [4.78, 5) is 24.0. The zero-order valence-corrected chi connectivity index (χ0v) is 16.7. The van der Waals surface area contributed by atoms with E-state index in [1.54, 1.807) is 49.6 Å². The minimum atomic E-state index is -0.901. The molecule has 0 spiro atoms. The molecule has 0 unspecified atom stereocenters. The highest BCUT2D eigenvalue weighted by Crippen LogP contribution is 2.27. The van der Waals surface area contributed by atoms with Crippen LogP contribution in [-0.2, 0) is 9.59 Å². The molecule has 0 aliphatic carbocycles. The smallest absolute Gasteiger partial charge is 0.329 e. The zero-order valence-electron chi connectivity index (χ0n) is 16.7. The van der Waals surface area contributed by atoms with Gasteiger partial charge in [0.15, 0.2) is 11.5 Å². The molecular formula is C21H25N3O5. The van der Waals surface area contributed by atoms with Gasteiger partial charge >= 0.3 is 11.8 Å². The van der Waals surface area contributed by atoms with Crippen LogP contribution in [0.3, 0.4) is 0 Å². The van der Waals surface area contributed by atoms with E-state index in [9.17, 15) is 9.59 Å². The van der Waals surface area contributed by atoms with E-state index in [0.29, 0.717) is 41.7 Å². The van der Waals surface area contributed by atoms with E-state index in [1.165, 1.54) is 6.21 Å². The summed E-state index contributed by atoms with van der Waals surface area (Å²) < 4.78 is 16.3. The van der Waals surface area contributed by atoms with Crippen LogP contribution in [0.2, 0.25) is 0 Å². The Bertz CT molecular complexity index is 867. The lowest BCUT2D eigenvalue weighted by molar-refractivity contribution is -0.136. The lowest BCUT2D eigenvalue weighted by atomic mass is 10.2. The first-order valence-corrected chi connectivity index (χ1v) is 9.26. The van der Waals surface area contributed by atoms with Gasteiger partial charge in [0.25, 0.3) is 0 Å². The van der Waals surface area contributed by atoms with Crippen molar-refractivity contribution in [3.63, 3.8) is 0 Å². The molecule has 2 N–H and O–H groups in total. The molecule has 0 fully saturated rings. The van der Waals surface area contributed by atoms with Gasteiger partial charge in [0.2, 0.25) is 0 Å². The summed E-state index contributed by atoms with van der Waals surface area (Å²) in [6.07, 6.45) is 2.29. The first kappa shape index (κ1) is 21.7. The van der Waals surface area contributed by atoms with Crippen molar-refractivity contribution in [2.75, 3.05) is 25.6 Å². The maximum absolute atomic E-state index is 12.1. The molecule has 8 nitrogen and oxygen atoms in total. The van der Waals surface area contributed by atoms with Crippen molar-refractivity contribution in [2.45, 2.75) is 20.3 Å². The van der Waals surface area contributed by atoms with Gasteiger partial charge in [-0.25, -0.2) is 5.43 Å². The highest BCUT2D eigenvalue weighted by molar-refractivity contribution is 6.39. The van der Waals surface area contributed by atoms with Crippen molar-refractivity contribution in [1.29, 1.82) is 0 Å². The lowest BCUT2D eigenvalue weighted by Crippen LogP contribution is -2.32. The van der Waals surface area contributed by atoms with Crippen LogP contribution in [0.15, 0.2) is 47.6 Å². The molecular weight excluding hydrogens is 374 g/mol. The normalized spacial score (nSPS) is 10.4. The number of methoxy groups -OCH3 is 1. The molecule has 2 aromatic carbocycles. The first-order chi connectivity index (χ1) is 14.1. The number of carbonyl (C=O) groups is 2. The summed E-state index contributed by atoms with van der Waals surface area (Å²) in [5.74, 6) is -0.0865. The molecule has 0 heterocycles. The Kier molecular flexibility index (Phi) is 8.50. The van der Waals surface area contributed by atoms with Crippen LogP contribution >= 0.6 is 0 Å². The summed E-state index contributed by atoms with van der Waals surface area (Å²) in [6.45, 7) is 4.87. The Morgan fingerprint density at radius 3 is 2.52 bits per heavy atom. The maximum atomic E-state index is 12.1. The number of hydrogen-bond donors (Lipinski definition) is 2. The number of benzene rings is 2. The average molecular weight is 399 g/mol. The molecule has 0 atom stereocenters. The molecule has 0 aliphatic rings. The van der Waals surface area contributed by atoms with E-state index in [0.717, 1.165) is 6.42 Å². The number of rotatable bonds is 9. The molecule has 0 radical (unpaired) electrons. The topological polar surface area (TPSA) is 98.2 Å². The second-order valence-corrected chi connectivity index (χ2v) is 5.84. The number of hydrogen-bond acceptors (Lipinski definition) is 6. The number of hydrazone groups is 1. The molecule has 2 amide bonds. The van der Waals surface area contributed by atoms with Gasteiger partial charge in [-0.15, -0.1) is 0 Å². The number of nitrogens with one attached hydrogen (secondary N) is 2. The van der Waals surface area contributed by atoms with Crippen LogP contribution in [0.25, 0.3) is 0 Å². The Balaban J connectivity index is 1.96. The van der Waals surface area contributed by atoms with E-state index in [4.69, 9.17) is 14.2 Å². The lowest BCUT2D eigenvalue weighted by Gasteiger charge is -2.10. The summed E-state index contributed by atoms with van der Waals surface area (Å²) in [7, 11) is 1.54. The zero-order chi connectivity index (χ0) is 21.1. The van der Waals surface area contributed by atoms with Gasteiger partial charge in [0.1, 0.15) is 5.75 Å². The quantitative estimate of drug-likeness (QED) is 0.384. The highest BCUT2D eigenvalue weighted by atomic mass is 16.5. The van der Waals surface area contributed by atoms with Gasteiger partial charge in [-0.05, 0) is 49.2 Å². The molecule has 0 aromatic heterocycles.